The fourth-order valence-corrected chi connectivity index (χ4v) is 3.15. The highest BCUT2D eigenvalue weighted by Gasteiger charge is 2.17. The number of benzene rings is 2. The SMILES string of the molecule is CCn1cnc2c(c(-c3ccc(Cl)cc3)cn2-c2ccc(F)cc2)c1=O. The maximum Gasteiger partial charge on any atom is 0.263 e. The van der Waals surface area contributed by atoms with Crippen LogP contribution in [0.3, 0.4) is 0 Å². The predicted octanol–water partition coefficient (Wildman–Crippen LogP) is 4.67. The fourth-order valence-electron chi connectivity index (χ4n) is 3.03. The number of aromatic nitrogens is 3. The summed E-state index contributed by atoms with van der Waals surface area (Å²) >= 11 is 5.99. The molecule has 0 unspecified atom stereocenters. The van der Waals surface area contributed by atoms with Crippen LogP contribution in [0.5, 0.6) is 0 Å². The summed E-state index contributed by atoms with van der Waals surface area (Å²) in [6.07, 6.45) is 3.39. The first-order valence-electron chi connectivity index (χ1n) is 8.21. The Bertz CT molecular complexity index is 1140. The lowest BCUT2D eigenvalue weighted by Gasteiger charge is -2.05. The Morgan fingerprint density at radius 1 is 1.08 bits per heavy atom. The second kappa shape index (κ2) is 6.42. The topological polar surface area (TPSA) is 39.8 Å². The van der Waals surface area contributed by atoms with E-state index in [1.165, 1.54) is 18.5 Å². The van der Waals surface area contributed by atoms with Crippen LogP contribution in [0.2, 0.25) is 5.02 Å². The van der Waals surface area contributed by atoms with Crippen molar-refractivity contribution >= 4 is 22.6 Å². The van der Waals surface area contributed by atoms with Gasteiger partial charge in [0.2, 0.25) is 0 Å². The minimum absolute atomic E-state index is 0.108. The highest BCUT2D eigenvalue weighted by Crippen LogP contribution is 2.30. The molecule has 0 aliphatic rings. The van der Waals surface area contributed by atoms with E-state index < -0.39 is 0 Å². The first-order valence-corrected chi connectivity index (χ1v) is 8.58. The second-order valence-corrected chi connectivity index (χ2v) is 6.37. The van der Waals surface area contributed by atoms with E-state index >= 15 is 0 Å². The number of halogens is 2. The van der Waals surface area contributed by atoms with Crippen molar-refractivity contribution in [1.29, 1.82) is 0 Å². The van der Waals surface area contributed by atoms with Gasteiger partial charge < -0.3 is 4.57 Å². The van der Waals surface area contributed by atoms with Crippen molar-refractivity contribution < 1.29 is 4.39 Å². The molecule has 0 radical (unpaired) electrons. The molecule has 26 heavy (non-hydrogen) atoms. The van der Waals surface area contributed by atoms with Crippen molar-refractivity contribution in [3.8, 4) is 16.8 Å². The van der Waals surface area contributed by atoms with Gasteiger partial charge in [-0.05, 0) is 48.9 Å². The van der Waals surface area contributed by atoms with Gasteiger partial charge in [-0.2, -0.15) is 0 Å². The summed E-state index contributed by atoms with van der Waals surface area (Å²) in [5, 5.41) is 1.15. The molecule has 0 aliphatic carbocycles. The van der Waals surface area contributed by atoms with Crippen molar-refractivity contribution in [2.45, 2.75) is 13.5 Å². The Hall–Kier alpha value is -2.92. The summed E-state index contributed by atoms with van der Waals surface area (Å²) in [5.41, 5.74) is 2.80. The Morgan fingerprint density at radius 3 is 2.42 bits per heavy atom. The average molecular weight is 368 g/mol. The number of fused-ring (bicyclic) bond motifs is 1. The van der Waals surface area contributed by atoms with Gasteiger partial charge in [0.1, 0.15) is 5.82 Å². The third kappa shape index (κ3) is 2.70. The molecule has 0 saturated heterocycles. The van der Waals surface area contributed by atoms with E-state index in [0.717, 1.165) is 16.8 Å². The first-order chi connectivity index (χ1) is 12.6. The Labute approximate surface area is 154 Å². The molecule has 0 amide bonds. The maximum absolute atomic E-state index is 13.3. The van der Waals surface area contributed by atoms with Crippen LogP contribution < -0.4 is 5.56 Å². The van der Waals surface area contributed by atoms with E-state index in [9.17, 15) is 9.18 Å². The van der Waals surface area contributed by atoms with Crippen molar-refractivity contribution in [3.63, 3.8) is 0 Å². The van der Waals surface area contributed by atoms with Gasteiger partial charge in [0.05, 0.1) is 11.7 Å². The van der Waals surface area contributed by atoms with Crippen LogP contribution in [-0.4, -0.2) is 14.1 Å². The van der Waals surface area contributed by atoms with E-state index in [2.05, 4.69) is 4.98 Å². The number of hydrogen-bond donors (Lipinski definition) is 0. The Kier molecular flexibility index (Phi) is 4.09. The molecule has 0 bridgehead atoms. The molecule has 6 heteroatoms. The van der Waals surface area contributed by atoms with Crippen LogP contribution in [0.25, 0.3) is 27.8 Å². The molecule has 2 heterocycles. The standard InChI is InChI=1S/C20H15ClFN3O/c1-2-24-12-23-19-18(20(24)26)17(13-3-5-14(21)6-4-13)11-25(19)16-9-7-15(22)8-10-16/h3-12H,2H2,1H3. The molecular weight excluding hydrogens is 353 g/mol. The quantitative estimate of drug-likeness (QED) is 0.528. The molecule has 0 N–H and O–H groups in total. The van der Waals surface area contributed by atoms with Crippen molar-refractivity contribution in [3.05, 3.63) is 82.2 Å². The molecule has 0 fully saturated rings. The minimum Gasteiger partial charge on any atom is -0.300 e. The van der Waals surface area contributed by atoms with Gasteiger partial charge in [-0.3, -0.25) is 9.36 Å². The van der Waals surface area contributed by atoms with Crippen molar-refractivity contribution in [1.82, 2.24) is 14.1 Å². The highest BCUT2D eigenvalue weighted by molar-refractivity contribution is 6.30. The molecule has 0 atom stereocenters. The van der Waals surface area contributed by atoms with E-state index in [4.69, 9.17) is 11.6 Å². The van der Waals surface area contributed by atoms with E-state index in [-0.39, 0.29) is 11.4 Å². The molecule has 130 valence electrons. The number of aryl methyl sites for hydroxylation is 1. The monoisotopic (exact) mass is 367 g/mol. The summed E-state index contributed by atoms with van der Waals surface area (Å²) in [7, 11) is 0. The first kappa shape index (κ1) is 16.5. The summed E-state index contributed by atoms with van der Waals surface area (Å²) in [6.45, 7) is 2.43. The number of hydrogen-bond acceptors (Lipinski definition) is 2. The summed E-state index contributed by atoms with van der Waals surface area (Å²) in [5.74, 6) is -0.315. The molecule has 0 spiro atoms. The van der Waals surface area contributed by atoms with Gasteiger partial charge in [0.15, 0.2) is 5.65 Å². The lowest BCUT2D eigenvalue weighted by Crippen LogP contribution is -2.19. The number of nitrogens with zero attached hydrogens (tertiary/aromatic N) is 3. The zero-order chi connectivity index (χ0) is 18.3. The van der Waals surface area contributed by atoms with Crippen LogP contribution in [0.15, 0.2) is 65.8 Å². The van der Waals surface area contributed by atoms with Gasteiger partial charge in [-0.1, -0.05) is 23.7 Å². The number of rotatable bonds is 3. The van der Waals surface area contributed by atoms with Gasteiger partial charge in [0, 0.05) is 29.0 Å². The fraction of sp³-hybridized carbons (Fsp3) is 0.100. The maximum atomic E-state index is 13.3. The molecule has 2 aromatic carbocycles. The van der Waals surface area contributed by atoms with Crippen LogP contribution in [0, 0.1) is 5.82 Å². The third-order valence-corrected chi connectivity index (χ3v) is 4.63. The third-order valence-electron chi connectivity index (χ3n) is 4.37. The second-order valence-electron chi connectivity index (χ2n) is 5.93. The molecule has 4 aromatic rings. The lowest BCUT2D eigenvalue weighted by atomic mass is 10.1. The molecule has 4 rings (SSSR count). The van der Waals surface area contributed by atoms with Crippen molar-refractivity contribution in [2.75, 3.05) is 0 Å². The Balaban J connectivity index is 2.05. The molecule has 0 saturated carbocycles. The summed E-state index contributed by atoms with van der Waals surface area (Å²) in [6, 6.07) is 13.4. The van der Waals surface area contributed by atoms with Gasteiger partial charge in [-0.15, -0.1) is 0 Å². The normalized spacial score (nSPS) is 11.2. The van der Waals surface area contributed by atoms with Gasteiger partial charge in [-0.25, -0.2) is 9.37 Å². The molecular formula is C20H15ClFN3O. The van der Waals surface area contributed by atoms with E-state index in [0.29, 0.717) is 22.6 Å². The van der Waals surface area contributed by atoms with Crippen LogP contribution in [0.4, 0.5) is 4.39 Å². The minimum atomic E-state index is -0.315. The summed E-state index contributed by atoms with van der Waals surface area (Å²) in [4.78, 5) is 17.4. The zero-order valence-electron chi connectivity index (χ0n) is 14.0. The lowest BCUT2D eigenvalue weighted by molar-refractivity contribution is 0.627. The highest BCUT2D eigenvalue weighted by atomic mass is 35.5. The predicted molar refractivity (Wildman–Crippen MR) is 101 cm³/mol. The molecule has 2 aromatic heterocycles. The smallest absolute Gasteiger partial charge is 0.263 e. The van der Waals surface area contributed by atoms with Crippen LogP contribution in [0.1, 0.15) is 6.92 Å². The molecule has 0 aliphatic heterocycles. The zero-order valence-corrected chi connectivity index (χ0v) is 14.7. The van der Waals surface area contributed by atoms with Gasteiger partial charge >= 0.3 is 0 Å². The van der Waals surface area contributed by atoms with Crippen molar-refractivity contribution in [2.24, 2.45) is 0 Å². The Morgan fingerprint density at radius 2 is 1.77 bits per heavy atom. The van der Waals surface area contributed by atoms with E-state index in [1.54, 1.807) is 33.4 Å². The average Bonchev–Trinajstić information content (AvgIpc) is 3.04. The van der Waals surface area contributed by atoms with Crippen LogP contribution >= 0.6 is 11.6 Å². The van der Waals surface area contributed by atoms with Gasteiger partial charge in [0.25, 0.3) is 5.56 Å². The van der Waals surface area contributed by atoms with E-state index in [1.807, 2.05) is 25.3 Å². The summed E-state index contributed by atoms with van der Waals surface area (Å²) < 4.78 is 16.7. The molecule has 4 nitrogen and oxygen atoms in total. The van der Waals surface area contributed by atoms with Crippen LogP contribution in [-0.2, 0) is 6.54 Å². The largest absolute Gasteiger partial charge is 0.300 e.